The molecule has 128 valence electrons. The fourth-order valence-corrected chi connectivity index (χ4v) is 3.45. The van der Waals surface area contributed by atoms with Crippen molar-refractivity contribution in [1.29, 1.82) is 0 Å². The second kappa shape index (κ2) is 5.92. The van der Waals surface area contributed by atoms with Crippen LogP contribution in [0.4, 0.5) is 5.69 Å². The lowest BCUT2D eigenvalue weighted by molar-refractivity contribution is -0.148. The molecule has 4 rings (SSSR count). The number of benzene rings is 2. The fourth-order valence-electron chi connectivity index (χ4n) is 3.45. The highest BCUT2D eigenvalue weighted by atomic mass is 16.6. The minimum absolute atomic E-state index is 0.0170. The number of para-hydroxylation sites is 2. The average Bonchev–Trinajstić information content (AvgIpc) is 3.48. The van der Waals surface area contributed by atoms with Crippen molar-refractivity contribution >= 4 is 17.6 Å². The first-order valence-electron chi connectivity index (χ1n) is 8.37. The van der Waals surface area contributed by atoms with Gasteiger partial charge in [0.2, 0.25) is 12.0 Å². The van der Waals surface area contributed by atoms with Gasteiger partial charge in [0.25, 0.3) is 0 Å². The highest BCUT2D eigenvalue weighted by Crippen LogP contribution is 2.51. The third-order valence-corrected chi connectivity index (χ3v) is 4.97. The predicted molar refractivity (Wildman–Crippen MR) is 92.6 cm³/mol. The summed E-state index contributed by atoms with van der Waals surface area (Å²) in [6, 6.07) is 17.1. The lowest BCUT2D eigenvalue weighted by atomic mass is 9.93. The largest absolute Gasteiger partial charge is 0.475 e. The van der Waals surface area contributed by atoms with Crippen molar-refractivity contribution in [1.82, 2.24) is 0 Å². The Balaban J connectivity index is 1.71. The molecule has 1 fully saturated rings. The number of carbonyl (C=O) groups is 2. The van der Waals surface area contributed by atoms with E-state index in [1.165, 1.54) is 7.11 Å². The van der Waals surface area contributed by atoms with Gasteiger partial charge in [0.1, 0.15) is 5.75 Å². The number of anilines is 1. The van der Waals surface area contributed by atoms with Gasteiger partial charge in [0.05, 0.1) is 24.8 Å². The van der Waals surface area contributed by atoms with Crippen LogP contribution >= 0.6 is 0 Å². The topological polar surface area (TPSA) is 55.8 Å². The van der Waals surface area contributed by atoms with E-state index in [0.717, 1.165) is 18.4 Å². The number of fused-ring (bicyclic) bond motifs is 1. The van der Waals surface area contributed by atoms with Crippen molar-refractivity contribution in [2.75, 3.05) is 18.6 Å². The molecule has 5 nitrogen and oxygen atoms in total. The van der Waals surface area contributed by atoms with E-state index in [0.29, 0.717) is 11.4 Å². The standard InChI is InChI=1S/C20H19NO4/c1-24-18(22)17-13-21(15-9-5-6-10-16(15)25-17)19(23)20(11-12-20)14-7-3-2-4-8-14/h2-10,17H,11-13H2,1H3/t17-/m1/s1. The Bertz CT molecular complexity index is 813. The van der Waals surface area contributed by atoms with Gasteiger partial charge >= 0.3 is 5.97 Å². The normalized spacial score (nSPS) is 20.2. The first-order chi connectivity index (χ1) is 12.2. The number of esters is 1. The molecule has 1 amide bonds. The summed E-state index contributed by atoms with van der Waals surface area (Å²) in [5, 5.41) is 0. The van der Waals surface area contributed by atoms with E-state index in [1.54, 1.807) is 11.0 Å². The molecule has 25 heavy (non-hydrogen) atoms. The summed E-state index contributed by atoms with van der Waals surface area (Å²) < 4.78 is 10.6. The second-order valence-electron chi connectivity index (χ2n) is 6.46. The predicted octanol–water partition coefficient (Wildman–Crippen LogP) is 2.69. The highest BCUT2D eigenvalue weighted by molar-refractivity contribution is 6.05. The van der Waals surface area contributed by atoms with Crippen molar-refractivity contribution in [2.24, 2.45) is 0 Å². The number of nitrogens with zero attached hydrogens (tertiary/aromatic N) is 1. The summed E-state index contributed by atoms with van der Waals surface area (Å²) in [6.07, 6.45) is 0.826. The van der Waals surface area contributed by atoms with Gasteiger partial charge in [-0.1, -0.05) is 42.5 Å². The molecule has 0 unspecified atom stereocenters. The quantitative estimate of drug-likeness (QED) is 0.808. The summed E-state index contributed by atoms with van der Waals surface area (Å²) in [7, 11) is 1.32. The monoisotopic (exact) mass is 337 g/mol. The Labute approximate surface area is 146 Å². The first kappa shape index (κ1) is 15.7. The molecule has 2 aromatic carbocycles. The van der Waals surface area contributed by atoms with E-state index < -0.39 is 17.5 Å². The van der Waals surface area contributed by atoms with Gasteiger partial charge in [-0.25, -0.2) is 4.79 Å². The van der Waals surface area contributed by atoms with Crippen LogP contribution in [0, 0.1) is 0 Å². The molecular weight excluding hydrogens is 318 g/mol. The van der Waals surface area contributed by atoms with Gasteiger partial charge in [0.15, 0.2) is 0 Å². The second-order valence-corrected chi connectivity index (χ2v) is 6.46. The van der Waals surface area contributed by atoms with Crippen molar-refractivity contribution in [3.05, 3.63) is 60.2 Å². The summed E-state index contributed by atoms with van der Waals surface area (Å²) in [6.45, 7) is 0.164. The zero-order valence-electron chi connectivity index (χ0n) is 14.0. The molecule has 0 aromatic heterocycles. The van der Waals surface area contributed by atoms with E-state index in [4.69, 9.17) is 9.47 Å². The third-order valence-electron chi connectivity index (χ3n) is 4.97. The van der Waals surface area contributed by atoms with E-state index in [2.05, 4.69) is 0 Å². The van der Waals surface area contributed by atoms with Crippen molar-refractivity contribution in [2.45, 2.75) is 24.4 Å². The maximum Gasteiger partial charge on any atom is 0.348 e. The Kier molecular flexibility index (Phi) is 3.71. The number of amides is 1. The van der Waals surface area contributed by atoms with E-state index >= 15 is 0 Å². The zero-order valence-corrected chi connectivity index (χ0v) is 14.0. The van der Waals surface area contributed by atoms with E-state index in [9.17, 15) is 9.59 Å². The summed E-state index contributed by atoms with van der Waals surface area (Å²) in [4.78, 5) is 27.1. The lowest BCUT2D eigenvalue weighted by Gasteiger charge is -2.35. The number of methoxy groups -OCH3 is 1. The van der Waals surface area contributed by atoms with Gasteiger partial charge < -0.3 is 14.4 Å². The molecule has 0 saturated heterocycles. The van der Waals surface area contributed by atoms with Crippen LogP contribution in [0.25, 0.3) is 0 Å². The average molecular weight is 337 g/mol. The van der Waals surface area contributed by atoms with Gasteiger partial charge in [-0.15, -0.1) is 0 Å². The van der Waals surface area contributed by atoms with E-state index in [-0.39, 0.29) is 12.5 Å². The summed E-state index contributed by atoms with van der Waals surface area (Å²) in [5.74, 6) is 0.0709. The van der Waals surface area contributed by atoms with E-state index in [1.807, 2.05) is 48.5 Å². The third kappa shape index (κ3) is 2.56. The van der Waals surface area contributed by atoms with Crippen LogP contribution < -0.4 is 9.64 Å². The Morgan fingerprint density at radius 2 is 1.76 bits per heavy atom. The first-order valence-corrected chi connectivity index (χ1v) is 8.37. The molecule has 0 bridgehead atoms. The molecular formula is C20H19NO4. The van der Waals surface area contributed by atoms with Crippen LogP contribution in [-0.4, -0.2) is 31.6 Å². The molecule has 0 radical (unpaired) electrons. The van der Waals surface area contributed by atoms with Gasteiger partial charge in [-0.2, -0.15) is 0 Å². The van der Waals surface area contributed by atoms with Crippen LogP contribution in [0.5, 0.6) is 5.75 Å². The van der Waals surface area contributed by atoms with Crippen LogP contribution in [0.2, 0.25) is 0 Å². The van der Waals surface area contributed by atoms with Crippen molar-refractivity contribution in [3.63, 3.8) is 0 Å². The molecule has 0 spiro atoms. The lowest BCUT2D eigenvalue weighted by Crippen LogP contribution is -2.50. The number of hydrogen-bond donors (Lipinski definition) is 0. The molecule has 0 N–H and O–H groups in total. The minimum Gasteiger partial charge on any atom is -0.475 e. The highest BCUT2D eigenvalue weighted by Gasteiger charge is 2.54. The summed E-state index contributed by atoms with van der Waals surface area (Å²) >= 11 is 0. The number of ether oxygens (including phenoxy) is 2. The fraction of sp³-hybridized carbons (Fsp3) is 0.300. The van der Waals surface area contributed by atoms with Crippen molar-refractivity contribution in [3.8, 4) is 5.75 Å². The smallest absolute Gasteiger partial charge is 0.348 e. The van der Waals surface area contributed by atoms with Crippen LogP contribution in [0.15, 0.2) is 54.6 Å². The molecule has 2 aromatic rings. The van der Waals surface area contributed by atoms with Gasteiger partial charge in [-0.05, 0) is 30.5 Å². The maximum atomic E-state index is 13.4. The summed E-state index contributed by atoms with van der Waals surface area (Å²) in [5.41, 5.74) is 1.24. The minimum atomic E-state index is -0.810. The zero-order chi connectivity index (χ0) is 17.4. The molecule has 5 heteroatoms. The molecule has 1 atom stereocenters. The van der Waals surface area contributed by atoms with Crippen LogP contribution in [0.3, 0.4) is 0 Å². The van der Waals surface area contributed by atoms with Crippen LogP contribution in [0.1, 0.15) is 18.4 Å². The molecule has 1 aliphatic carbocycles. The Morgan fingerprint density at radius 1 is 1.08 bits per heavy atom. The van der Waals surface area contributed by atoms with Gasteiger partial charge in [-0.3, -0.25) is 4.79 Å². The maximum absolute atomic E-state index is 13.4. The number of rotatable bonds is 3. The number of carbonyl (C=O) groups excluding carboxylic acids is 2. The Morgan fingerprint density at radius 3 is 2.44 bits per heavy atom. The number of hydrogen-bond acceptors (Lipinski definition) is 4. The molecule has 1 aliphatic heterocycles. The van der Waals surface area contributed by atoms with Crippen molar-refractivity contribution < 1.29 is 19.1 Å². The van der Waals surface area contributed by atoms with Crippen LogP contribution in [-0.2, 0) is 19.7 Å². The SMILES string of the molecule is COC(=O)[C@H]1CN(C(=O)C2(c3ccccc3)CC2)c2ccccc2O1. The Hall–Kier alpha value is -2.82. The molecule has 1 saturated carbocycles. The molecule has 1 heterocycles. The molecule has 2 aliphatic rings. The van der Waals surface area contributed by atoms with Gasteiger partial charge in [0, 0.05) is 0 Å².